The van der Waals surface area contributed by atoms with Gasteiger partial charge in [-0.25, -0.2) is 0 Å². The number of hydrogen-bond acceptors (Lipinski definition) is 4. The second-order valence-electron chi connectivity index (χ2n) is 4.38. The Kier molecular flexibility index (Phi) is 5.99. The third-order valence-corrected chi connectivity index (χ3v) is 2.89. The molecule has 4 N–H and O–H groups in total. The molecule has 1 unspecified atom stereocenters. The summed E-state index contributed by atoms with van der Waals surface area (Å²) in [5.74, 6) is -0.0649. The standard InChI is InChI=1S/C14H21N3O3/c1-4-5-11(15)14(19)17-12-7-6-9(20-3)8-10(12)13(18)16-2/h6-8,11H,4-5,15H2,1-3H3,(H,16,18)(H,17,19). The first-order valence-electron chi connectivity index (χ1n) is 6.50. The fraction of sp³-hybridized carbons (Fsp3) is 0.429. The van der Waals surface area contributed by atoms with Crippen molar-refractivity contribution in [1.82, 2.24) is 5.32 Å². The summed E-state index contributed by atoms with van der Waals surface area (Å²) in [6.45, 7) is 1.95. The molecule has 0 spiro atoms. The molecule has 6 heteroatoms. The van der Waals surface area contributed by atoms with Gasteiger partial charge in [-0.15, -0.1) is 0 Å². The molecule has 1 aromatic carbocycles. The molecule has 110 valence electrons. The van der Waals surface area contributed by atoms with Gasteiger partial charge in [-0.1, -0.05) is 13.3 Å². The molecule has 0 saturated carbocycles. The third-order valence-electron chi connectivity index (χ3n) is 2.89. The molecule has 6 nitrogen and oxygen atoms in total. The molecule has 0 heterocycles. The van der Waals surface area contributed by atoms with E-state index in [9.17, 15) is 9.59 Å². The quantitative estimate of drug-likeness (QED) is 0.727. The number of carbonyl (C=O) groups is 2. The zero-order chi connectivity index (χ0) is 15.1. The van der Waals surface area contributed by atoms with Crippen molar-refractivity contribution in [2.45, 2.75) is 25.8 Å². The van der Waals surface area contributed by atoms with Crippen molar-refractivity contribution in [3.8, 4) is 5.75 Å². The van der Waals surface area contributed by atoms with E-state index in [0.29, 0.717) is 23.4 Å². The van der Waals surface area contributed by atoms with Crippen LogP contribution in [0.4, 0.5) is 5.69 Å². The number of nitrogens with two attached hydrogens (primary N) is 1. The number of ether oxygens (including phenoxy) is 1. The Morgan fingerprint density at radius 1 is 1.40 bits per heavy atom. The number of carbonyl (C=O) groups excluding carboxylic acids is 2. The predicted octanol–water partition coefficient (Wildman–Crippen LogP) is 1.12. The minimum absolute atomic E-state index is 0.303. The summed E-state index contributed by atoms with van der Waals surface area (Å²) in [5, 5.41) is 5.20. The summed E-state index contributed by atoms with van der Waals surface area (Å²) in [6.07, 6.45) is 1.41. The smallest absolute Gasteiger partial charge is 0.253 e. The van der Waals surface area contributed by atoms with Gasteiger partial charge in [0.1, 0.15) is 5.75 Å². The first kappa shape index (κ1) is 16.0. The summed E-state index contributed by atoms with van der Waals surface area (Å²) in [6, 6.07) is 4.28. The highest BCUT2D eigenvalue weighted by molar-refractivity contribution is 6.05. The van der Waals surface area contributed by atoms with Gasteiger partial charge in [-0.2, -0.15) is 0 Å². The Morgan fingerprint density at radius 3 is 2.65 bits per heavy atom. The summed E-state index contributed by atoms with van der Waals surface area (Å²) in [5.41, 5.74) is 6.51. The van der Waals surface area contributed by atoms with E-state index in [2.05, 4.69) is 10.6 Å². The van der Waals surface area contributed by atoms with E-state index in [0.717, 1.165) is 6.42 Å². The van der Waals surface area contributed by atoms with Crippen LogP contribution in [0.1, 0.15) is 30.1 Å². The van der Waals surface area contributed by atoms with Crippen LogP contribution >= 0.6 is 0 Å². The lowest BCUT2D eigenvalue weighted by atomic mass is 10.1. The Balaban J connectivity index is 2.99. The molecule has 0 aromatic heterocycles. The van der Waals surface area contributed by atoms with Gasteiger partial charge >= 0.3 is 0 Å². The minimum Gasteiger partial charge on any atom is -0.497 e. The third kappa shape index (κ3) is 3.96. The topological polar surface area (TPSA) is 93.5 Å². The van der Waals surface area contributed by atoms with Crippen LogP contribution in [0.15, 0.2) is 18.2 Å². The maximum atomic E-state index is 11.9. The predicted molar refractivity (Wildman–Crippen MR) is 77.9 cm³/mol. The normalized spacial score (nSPS) is 11.6. The summed E-state index contributed by atoms with van der Waals surface area (Å²) < 4.78 is 5.08. The molecule has 0 fully saturated rings. The zero-order valence-electron chi connectivity index (χ0n) is 12.0. The average Bonchev–Trinajstić information content (AvgIpc) is 2.46. The van der Waals surface area contributed by atoms with Crippen molar-refractivity contribution in [3.63, 3.8) is 0 Å². The van der Waals surface area contributed by atoms with Crippen molar-refractivity contribution in [3.05, 3.63) is 23.8 Å². The summed E-state index contributed by atoms with van der Waals surface area (Å²) >= 11 is 0. The number of nitrogens with one attached hydrogen (secondary N) is 2. The second kappa shape index (κ2) is 7.49. The Morgan fingerprint density at radius 2 is 2.10 bits per heavy atom. The Bertz CT molecular complexity index is 489. The highest BCUT2D eigenvalue weighted by Gasteiger charge is 2.17. The van der Waals surface area contributed by atoms with E-state index in [-0.39, 0.29) is 11.8 Å². The highest BCUT2D eigenvalue weighted by Crippen LogP contribution is 2.22. The van der Waals surface area contributed by atoms with Crippen molar-refractivity contribution in [2.24, 2.45) is 5.73 Å². The lowest BCUT2D eigenvalue weighted by molar-refractivity contribution is -0.117. The number of hydrogen-bond donors (Lipinski definition) is 3. The number of methoxy groups -OCH3 is 1. The van der Waals surface area contributed by atoms with Crippen molar-refractivity contribution < 1.29 is 14.3 Å². The van der Waals surface area contributed by atoms with Gasteiger partial charge in [0.05, 0.1) is 24.4 Å². The molecule has 1 rings (SSSR count). The van der Waals surface area contributed by atoms with Gasteiger partial charge in [0, 0.05) is 7.05 Å². The van der Waals surface area contributed by atoms with Crippen LogP contribution in [0.5, 0.6) is 5.75 Å². The first-order chi connectivity index (χ1) is 9.53. The van der Waals surface area contributed by atoms with E-state index in [1.807, 2.05) is 6.92 Å². The molecular weight excluding hydrogens is 258 g/mol. The van der Waals surface area contributed by atoms with Gasteiger partial charge in [-0.3, -0.25) is 9.59 Å². The molecule has 0 aliphatic heterocycles. The van der Waals surface area contributed by atoms with Gasteiger partial charge in [0.25, 0.3) is 5.91 Å². The number of amides is 2. The number of anilines is 1. The van der Waals surface area contributed by atoms with Crippen LogP contribution in [0.2, 0.25) is 0 Å². The lowest BCUT2D eigenvalue weighted by Crippen LogP contribution is -2.36. The summed E-state index contributed by atoms with van der Waals surface area (Å²) in [4.78, 5) is 23.8. The maximum absolute atomic E-state index is 11.9. The molecule has 1 aromatic rings. The van der Waals surface area contributed by atoms with Crippen molar-refractivity contribution in [1.29, 1.82) is 0 Å². The second-order valence-corrected chi connectivity index (χ2v) is 4.38. The molecule has 0 radical (unpaired) electrons. The van der Waals surface area contributed by atoms with Crippen molar-refractivity contribution in [2.75, 3.05) is 19.5 Å². The lowest BCUT2D eigenvalue weighted by Gasteiger charge is -2.14. The van der Waals surface area contributed by atoms with Crippen LogP contribution in [0, 0.1) is 0 Å². The molecular formula is C14H21N3O3. The van der Waals surface area contributed by atoms with Crippen molar-refractivity contribution >= 4 is 17.5 Å². The fourth-order valence-electron chi connectivity index (χ4n) is 1.75. The number of benzene rings is 1. The molecule has 0 saturated heterocycles. The van der Waals surface area contributed by atoms with Crippen LogP contribution in [-0.4, -0.2) is 32.0 Å². The van der Waals surface area contributed by atoms with Crippen LogP contribution in [0.25, 0.3) is 0 Å². The zero-order valence-corrected chi connectivity index (χ0v) is 12.0. The van der Waals surface area contributed by atoms with E-state index >= 15 is 0 Å². The average molecular weight is 279 g/mol. The monoisotopic (exact) mass is 279 g/mol. The largest absolute Gasteiger partial charge is 0.497 e. The highest BCUT2D eigenvalue weighted by atomic mass is 16.5. The van der Waals surface area contributed by atoms with E-state index < -0.39 is 6.04 Å². The molecule has 20 heavy (non-hydrogen) atoms. The number of rotatable bonds is 6. The van der Waals surface area contributed by atoms with Gasteiger partial charge in [0.15, 0.2) is 0 Å². The summed E-state index contributed by atoms with van der Waals surface area (Å²) in [7, 11) is 3.04. The molecule has 0 aliphatic carbocycles. The minimum atomic E-state index is -0.584. The molecule has 0 aliphatic rings. The van der Waals surface area contributed by atoms with Crippen LogP contribution in [0.3, 0.4) is 0 Å². The molecule has 0 bridgehead atoms. The first-order valence-corrected chi connectivity index (χ1v) is 6.50. The van der Waals surface area contributed by atoms with E-state index in [1.54, 1.807) is 18.2 Å². The molecule has 2 amide bonds. The Labute approximate surface area is 118 Å². The maximum Gasteiger partial charge on any atom is 0.253 e. The SMILES string of the molecule is CCCC(N)C(=O)Nc1ccc(OC)cc1C(=O)NC. The fourth-order valence-corrected chi connectivity index (χ4v) is 1.75. The van der Waals surface area contributed by atoms with Gasteiger partial charge in [0.2, 0.25) is 5.91 Å². The van der Waals surface area contributed by atoms with Crippen LogP contribution in [-0.2, 0) is 4.79 Å². The Hall–Kier alpha value is -2.08. The van der Waals surface area contributed by atoms with E-state index in [4.69, 9.17) is 10.5 Å². The van der Waals surface area contributed by atoms with E-state index in [1.165, 1.54) is 14.2 Å². The van der Waals surface area contributed by atoms with Crippen LogP contribution < -0.4 is 21.1 Å². The molecule has 1 atom stereocenters. The van der Waals surface area contributed by atoms with Gasteiger partial charge < -0.3 is 21.1 Å². The van der Waals surface area contributed by atoms with Gasteiger partial charge in [-0.05, 0) is 24.6 Å².